The summed E-state index contributed by atoms with van der Waals surface area (Å²) in [6.07, 6.45) is 15.8. The SMILES string of the molecule is CC(=O)CC(C)Cn1cc2c(N)nc3cc(-c4ccn[nH]4)ccc3c2n1.CCCn1cc2c(N)nc3cc(-c4ccn[nH]4)ccc3c2n1.CN(C)C(=O)Cn1cc2c(N)nc3cc(-c4ccn[nH]4)ccc3c2n1.CNC(=O)Cn1cc2c(N)nc3cc(-c4ccn[nH]4)ccc3c2n1. The van der Waals surface area contributed by atoms with Crippen molar-refractivity contribution in [3.05, 3.63) is 147 Å². The van der Waals surface area contributed by atoms with Crippen molar-refractivity contribution in [1.82, 2.24) is 110 Å². The van der Waals surface area contributed by atoms with Crippen LogP contribution < -0.4 is 28.3 Å². The predicted octanol–water partition coefficient (Wildman–Crippen LogP) is 9.09. The maximum atomic E-state index is 11.9. The van der Waals surface area contributed by atoms with Crippen LogP contribution in [0.5, 0.6) is 0 Å². The molecule has 488 valence electrons. The van der Waals surface area contributed by atoms with Gasteiger partial charge in [-0.15, -0.1) is 0 Å². The summed E-state index contributed by atoms with van der Waals surface area (Å²) < 4.78 is 6.97. The molecule has 0 aliphatic carbocycles. The van der Waals surface area contributed by atoms with Crippen LogP contribution in [0, 0.1) is 5.92 Å². The number of likely N-dealkylation sites (N-methyl/N-ethyl adjacent to an activating group) is 2. The molecule has 29 heteroatoms. The number of nitrogens with one attached hydrogen (secondary N) is 5. The highest BCUT2D eigenvalue weighted by atomic mass is 16.2. The van der Waals surface area contributed by atoms with Crippen molar-refractivity contribution in [1.29, 1.82) is 0 Å². The summed E-state index contributed by atoms with van der Waals surface area (Å²) in [5.74, 6) is 2.01. The molecule has 0 aliphatic rings. The number of benzene rings is 4. The molecule has 2 amide bonds. The van der Waals surface area contributed by atoms with E-state index in [0.29, 0.717) is 36.2 Å². The Balaban J connectivity index is 0.000000117. The largest absolute Gasteiger partial charge is 0.383 e. The number of hydrogen-bond donors (Lipinski definition) is 9. The van der Waals surface area contributed by atoms with E-state index in [4.69, 9.17) is 28.0 Å². The van der Waals surface area contributed by atoms with Crippen LogP contribution in [-0.2, 0) is 40.6 Å². The Morgan fingerprint density at radius 3 is 1.12 bits per heavy atom. The Morgan fingerprint density at radius 2 is 0.804 bits per heavy atom. The van der Waals surface area contributed by atoms with Crippen LogP contribution >= 0.6 is 0 Å². The Kier molecular flexibility index (Phi) is 17.2. The number of rotatable bonds is 14. The number of aromatic amines is 4. The number of H-pyrrole nitrogens is 4. The first-order valence-corrected chi connectivity index (χ1v) is 31.1. The number of anilines is 4. The van der Waals surface area contributed by atoms with Crippen LogP contribution in [0.15, 0.2) is 147 Å². The zero-order valence-electron chi connectivity index (χ0n) is 53.8. The smallest absolute Gasteiger partial charge is 0.243 e. The molecule has 12 heterocycles. The van der Waals surface area contributed by atoms with Gasteiger partial charge in [0.15, 0.2) is 0 Å². The molecule has 16 rings (SSSR count). The number of aryl methyl sites for hydroxylation is 1. The summed E-state index contributed by atoms with van der Waals surface area (Å²) in [6.45, 7) is 7.63. The fraction of sp³-hybridized carbons (Fsp3) is 0.191. The minimum Gasteiger partial charge on any atom is -0.383 e. The van der Waals surface area contributed by atoms with E-state index in [1.165, 1.54) is 4.90 Å². The van der Waals surface area contributed by atoms with Crippen LogP contribution in [0.1, 0.15) is 33.6 Å². The molecule has 4 aromatic carbocycles. The Morgan fingerprint density at radius 1 is 0.474 bits per heavy atom. The number of Topliss-reactive ketones (excluding diaryl/α,β-unsaturated/α-hetero) is 1. The molecule has 13 N–H and O–H groups in total. The highest BCUT2D eigenvalue weighted by Gasteiger charge is 2.19. The lowest BCUT2D eigenvalue weighted by molar-refractivity contribution is -0.129. The van der Waals surface area contributed by atoms with E-state index in [-0.39, 0.29) is 36.6 Å². The molecule has 12 aromatic heterocycles. The van der Waals surface area contributed by atoms with Gasteiger partial charge in [0.2, 0.25) is 11.8 Å². The van der Waals surface area contributed by atoms with E-state index in [1.807, 2.05) is 126 Å². The average molecular weight is 1300 g/mol. The zero-order valence-corrected chi connectivity index (χ0v) is 53.8. The molecule has 0 spiro atoms. The number of pyridine rings is 4. The van der Waals surface area contributed by atoms with Gasteiger partial charge in [0.05, 0.1) is 66.4 Å². The van der Waals surface area contributed by atoms with Crippen molar-refractivity contribution in [2.24, 2.45) is 5.92 Å². The Hall–Kier alpha value is -13.0. The third-order valence-corrected chi connectivity index (χ3v) is 16.3. The van der Waals surface area contributed by atoms with Crippen LogP contribution in [-0.4, -0.2) is 143 Å². The number of nitrogens with two attached hydrogens (primary N) is 4. The minimum absolute atomic E-state index is 0.0369. The highest BCUT2D eigenvalue weighted by molar-refractivity contribution is 6.11. The standard InChI is InChI=1S/C19H20N6O.C17H17N7O.C16H15N7O.C16H16N6/c1-11(7-12(2)26)9-25-10-15-18(24-25)14-4-3-13(16-5-6-21-23-16)8-17(14)22-19(15)20;1-23(2)15(25)9-24-8-12-16(22-24)11-4-3-10(13-5-6-19-21-13)7-14(11)20-17(12)18;1-18-14(24)8-23-7-11-15(22-23)10-3-2-9(12-4-5-19-21-12)6-13(10)20-16(11)17;1-2-7-22-9-12-15(21-22)11-4-3-10(13-5-6-18-20-13)8-14(11)19-16(12)17/h3-6,8,10-11H,7,9H2,1-2H3,(H2,20,22)(H,21,23);3-8H,9H2,1-2H3,(H2,18,20)(H,19,21);2-7H,8H2,1H3,(H2,17,20)(H,18,24)(H,19,21);3-6,8-9H,2,7H2,1H3,(H2,17,19)(H,18,20). The number of ketones is 1. The molecular formula is C68H68N26O3. The van der Waals surface area contributed by atoms with Crippen molar-refractivity contribution in [3.63, 3.8) is 0 Å². The first kappa shape index (κ1) is 62.8. The second-order valence-electron chi connectivity index (χ2n) is 23.7. The number of carbonyl (C=O) groups excluding carboxylic acids is 3. The first-order chi connectivity index (χ1) is 46.9. The molecule has 29 nitrogen and oxygen atoms in total. The Labute approximate surface area is 551 Å². The molecule has 1 atom stereocenters. The number of fused-ring (bicyclic) bond motifs is 12. The number of nitrogen functional groups attached to an aromatic ring is 4. The van der Waals surface area contributed by atoms with Gasteiger partial charge >= 0.3 is 0 Å². The summed E-state index contributed by atoms with van der Waals surface area (Å²) in [5, 5.41) is 55.6. The van der Waals surface area contributed by atoms with E-state index >= 15 is 0 Å². The average Bonchev–Trinajstić information content (AvgIpc) is 1.72. The molecule has 0 bridgehead atoms. The van der Waals surface area contributed by atoms with Crippen molar-refractivity contribution in [2.75, 3.05) is 44.1 Å². The number of carbonyl (C=O) groups is 3. The summed E-state index contributed by atoms with van der Waals surface area (Å²) >= 11 is 0. The number of nitrogens with zero attached hydrogens (tertiary/aromatic N) is 17. The van der Waals surface area contributed by atoms with Gasteiger partial charge in [0.25, 0.3) is 0 Å². The lowest BCUT2D eigenvalue weighted by Gasteiger charge is -2.09. The topological polar surface area (TPSA) is 408 Å². The molecule has 0 saturated carbocycles. The van der Waals surface area contributed by atoms with Gasteiger partial charge in [-0.25, -0.2) is 19.9 Å². The molecule has 1 unspecified atom stereocenters. The maximum Gasteiger partial charge on any atom is 0.243 e. The Bertz CT molecular complexity index is 5550. The van der Waals surface area contributed by atoms with E-state index in [0.717, 1.165) is 145 Å². The minimum atomic E-state index is -0.125. The van der Waals surface area contributed by atoms with Gasteiger partial charge in [-0.3, -0.25) is 48.7 Å². The van der Waals surface area contributed by atoms with Gasteiger partial charge in [-0.2, -0.15) is 40.8 Å². The second kappa shape index (κ2) is 26.6. The van der Waals surface area contributed by atoms with Gasteiger partial charge in [-0.1, -0.05) is 38.1 Å². The third kappa shape index (κ3) is 13.1. The lowest BCUT2D eigenvalue weighted by atomic mass is 10.1. The van der Waals surface area contributed by atoms with Crippen LogP contribution in [0.25, 0.3) is 132 Å². The maximum absolute atomic E-state index is 11.9. The van der Waals surface area contributed by atoms with Gasteiger partial charge in [0, 0.05) is 134 Å². The summed E-state index contributed by atoms with van der Waals surface area (Å²) in [4.78, 5) is 54.4. The van der Waals surface area contributed by atoms with E-state index in [2.05, 4.69) is 88.3 Å². The van der Waals surface area contributed by atoms with E-state index < -0.39 is 0 Å². The zero-order chi connectivity index (χ0) is 67.6. The fourth-order valence-corrected chi connectivity index (χ4v) is 11.6. The predicted molar refractivity (Wildman–Crippen MR) is 376 cm³/mol. The normalized spacial score (nSPS) is 11.7. The number of amides is 2. The number of hydrogen-bond acceptors (Lipinski definition) is 19. The lowest BCUT2D eigenvalue weighted by Crippen LogP contribution is -2.26. The third-order valence-electron chi connectivity index (χ3n) is 16.3. The van der Waals surface area contributed by atoms with Crippen LogP contribution in [0.2, 0.25) is 0 Å². The molecule has 0 aliphatic heterocycles. The molecule has 0 saturated heterocycles. The van der Waals surface area contributed by atoms with Gasteiger partial charge < -0.3 is 37.9 Å². The van der Waals surface area contributed by atoms with Gasteiger partial charge in [0.1, 0.15) is 64.2 Å². The van der Waals surface area contributed by atoms with Crippen LogP contribution in [0.4, 0.5) is 23.3 Å². The molecule has 0 radical (unpaired) electrons. The van der Waals surface area contributed by atoms with Crippen molar-refractivity contribution >= 4 is 128 Å². The van der Waals surface area contributed by atoms with Crippen molar-refractivity contribution < 1.29 is 14.4 Å². The molecule has 97 heavy (non-hydrogen) atoms. The van der Waals surface area contributed by atoms with Crippen molar-refractivity contribution in [3.8, 4) is 45.0 Å². The van der Waals surface area contributed by atoms with Gasteiger partial charge in [-0.05, 0) is 92.1 Å². The second-order valence-corrected chi connectivity index (χ2v) is 23.7. The molecule has 16 aromatic rings. The summed E-state index contributed by atoms with van der Waals surface area (Å²) in [5.41, 5.74) is 38.5. The monoisotopic (exact) mass is 1300 g/mol. The van der Waals surface area contributed by atoms with Crippen molar-refractivity contribution in [2.45, 2.75) is 59.8 Å². The summed E-state index contributed by atoms with van der Waals surface area (Å²) in [7, 11) is 5.02. The van der Waals surface area contributed by atoms with E-state index in [1.54, 1.807) is 74.6 Å². The summed E-state index contributed by atoms with van der Waals surface area (Å²) in [6, 6.07) is 31.5. The molecular weight excluding hydrogens is 1230 g/mol. The highest BCUT2D eigenvalue weighted by Crippen LogP contribution is 2.35. The van der Waals surface area contributed by atoms with Crippen LogP contribution in [0.3, 0.4) is 0 Å². The molecule has 0 fully saturated rings. The first-order valence-electron chi connectivity index (χ1n) is 31.1. The fourth-order valence-electron chi connectivity index (χ4n) is 11.6. The van der Waals surface area contributed by atoms with E-state index in [9.17, 15) is 14.4 Å². The number of aromatic nitrogens is 20. The quantitative estimate of drug-likeness (QED) is 0.0490.